The zero-order chi connectivity index (χ0) is 14.8. The largest absolute Gasteiger partial charge is 0.369 e. The van der Waals surface area contributed by atoms with Gasteiger partial charge in [0.15, 0.2) is 0 Å². The van der Waals surface area contributed by atoms with E-state index in [4.69, 9.17) is 28.9 Å². The van der Waals surface area contributed by atoms with Crippen LogP contribution in [-0.4, -0.2) is 12.5 Å². The van der Waals surface area contributed by atoms with Crippen molar-refractivity contribution in [2.24, 2.45) is 10.7 Å². The molecule has 0 aliphatic carbocycles. The van der Waals surface area contributed by atoms with Crippen LogP contribution in [0.15, 0.2) is 47.5 Å². The molecule has 1 aliphatic heterocycles. The topological polar surface area (TPSA) is 41.6 Å². The molecule has 0 atom stereocenters. The van der Waals surface area contributed by atoms with E-state index in [0.717, 1.165) is 25.1 Å². The minimum atomic E-state index is 0.473. The monoisotopic (exact) mass is 319 g/mol. The first-order valence-corrected chi connectivity index (χ1v) is 7.55. The second-order valence-electron chi connectivity index (χ2n) is 4.95. The van der Waals surface area contributed by atoms with Gasteiger partial charge in [0.05, 0.1) is 15.7 Å². The van der Waals surface area contributed by atoms with Gasteiger partial charge in [-0.1, -0.05) is 41.4 Å². The molecule has 0 aromatic heterocycles. The molecule has 3 nitrogen and oxygen atoms in total. The van der Waals surface area contributed by atoms with Gasteiger partial charge in [-0.2, -0.15) is 0 Å². The molecule has 0 unspecified atom stereocenters. The summed E-state index contributed by atoms with van der Waals surface area (Å²) in [5, 5.41) is 0.988. The Morgan fingerprint density at radius 3 is 2.71 bits per heavy atom. The third-order valence-corrected chi connectivity index (χ3v) is 4.27. The Hall–Kier alpha value is -1.71. The lowest BCUT2D eigenvalue weighted by Gasteiger charge is -2.30. The Labute approximate surface area is 134 Å². The fraction of sp³-hybridized carbons (Fsp3) is 0.188. The third-order valence-electron chi connectivity index (χ3n) is 3.53. The number of fused-ring (bicyclic) bond motifs is 1. The van der Waals surface area contributed by atoms with Crippen LogP contribution in [-0.2, 0) is 6.42 Å². The molecular formula is C16H15Cl2N3. The van der Waals surface area contributed by atoms with Gasteiger partial charge in [-0.05, 0) is 42.7 Å². The number of rotatable bonds is 1. The molecule has 2 aromatic rings. The predicted molar refractivity (Wildman–Crippen MR) is 89.9 cm³/mol. The summed E-state index contributed by atoms with van der Waals surface area (Å²) in [7, 11) is 0. The lowest BCUT2D eigenvalue weighted by atomic mass is 10.0. The molecule has 1 heterocycles. The van der Waals surface area contributed by atoms with Crippen LogP contribution in [0, 0.1) is 0 Å². The van der Waals surface area contributed by atoms with Gasteiger partial charge in [0.2, 0.25) is 5.96 Å². The first-order valence-electron chi connectivity index (χ1n) is 6.80. The van der Waals surface area contributed by atoms with E-state index in [-0.39, 0.29) is 0 Å². The van der Waals surface area contributed by atoms with E-state index in [0.29, 0.717) is 21.7 Å². The highest BCUT2D eigenvalue weighted by Crippen LogP contribution is 2.29. The lowest BCUT2D eigenvalue weighted by Crippen LogP contribution is -2.40. The number of halogens is 2. The van der Waals surface area contributed by atoms with Crippen molar-refractivity contribution in [1.29, 1.82) is 0 Å². The summed E-state index contributed by atoms with van der Waals surface area (Å²) in [6.07, 6.45) is 2.14. The van der Waals surface area contributed by atoms with E-state index in [1.54, 1.807) is 18.2 Å². The molecule has 2 N–H and O–H groups in total. The molecule has 0 radical (unpaired) electrons. The SMILES string of the molecule is NC(=Nc1ccc(Cl)c(Cl)c1)N1CCCc2ccccc21. The average Bonchev–Trinajstić information content (AvgIpc) is 2.50. The number of nitrogens with two attached hydrogens (primary N) is 1. The van der Waals surface area contributed by atoms with Crippen LogP contribution in [0.25, 0.3) is 0 Å². The number of aliphatic imine (C=N–C) groups is 1. The second-order valence-corrected chi connectivity index (χ2v) is 5.77. The molecule has 0 saturated heterocycles. The van der Waals surface area contributed by atoms with Crippen molar-refractivity contribution in [1.82, 2.24) is 0 Å². The van der Waals surface area contributed by atoms with Gasteiger partial charge in [-0.15, -0.1) is 0 Å². The number of benzene rings is 2. The van der Waals surface area contributed by atoms with Crippen LogP contribution in [0.2, 0.25) is 10.0 Å². The highest BCUT2D eigenvalue weighted by atomic mass is 35.5. The molecule has 0 bridgehead atoms. The van der Waals surface area contributed by atoms with Crippen LogP contribution in [0.5, 0.6) is 0 Å². The van der Waals surface area contributed by atoms with E-state index >= 15 is 0 Å². The van der Waals surface area contributed by atoms with Crippen molar-refractivity contribution >= 4 is 40.5 Å². The first-order chi connectivity index (χ1) is 10.1. The first kappa shape index (κ1) is 14.2. The molecule has 21 heavy (non-hydrogen) atoms. The molecule has 5 heteroatoms. The average molecular weight is 320 g/mol. The highest BCUT2D eigenvalue weighted by Gasteiger charge is 2.18. The number of hydrogen-bond donors (Lipinski definition) is 1. The van der Waals surface area contributed by atoms with Crippen molar-refractivity contribution in [2.75, 3.05) is 11.4 Å². The van der Waals surface area contributed by atoms with Crippen LogP contribution < -0.4 is 10.6 Å². The van der Waals surface area contributed by atoms with E-state index < -0.39 is 0 Å². The zero-order valence-corrected chi connectivity index (χ0v) is 12.9. The molecule has 2 aromatic carbocycles. The van der Waals surface area contributed by atoms with Crippen molar-refractivity contribution in [3.8, 4) is 0 Å². The molecule has 0 saturated carbocycles. The van der Waals surface area contributed by atoms with Crippen molar-refractivity contribution in [2.45, 2.75) is 12.8 Å². The number of para-hydroxylation sites is 1. The van der Waals surface area contributed by atoms with Crippen molar-refractivity contribution in [3.05, 3.63) is 58.1 Å². The van der Waals surface area contributed by atoms with E-state index in [1.165, 1.54) is 5.56 Å². The maximum absolute atomic E-state index is 6.18. The minimum absolute atomic E-state index is 0.473. The second kappa shape index (κ2) is 5.96. The molecule has 0 spiro atoms. The number of nitrogens with zero attached hydrogens (tertiary/aromatic N) is 2. The number of anilines is 1. The molecule has 0 fully saturated rings. The highest BCUT2D eigenvalue weighted by molar-refractivity contribution is 6.42. The quantitative estimate of drug-likeness (QED) is 0.625. The third kappa shape index (κ3) is 2.99. The summed E-state index contributed by atoms with van der Waals surface area (Å²) in [5.74, 6) is 0.473. The van der Waals surface area contributed by atoms with Crippen molar-refractivity contribution < 1.29 is 0 Å². The zero-order valence-electron chi connectivity index (χ0n) is 11.4. The Morgan fingerprint density at radius 2 is 1.90 bits per heavy atom. The Bertz CT molecular complexity index is 698. The van der Waals surface area contributed by atoms with Crippen LogP contribution in [0.3, 0.4) is 0 Å². The molecular weight excluding hydrogens is 305 g/mol. The van der Waals surface area contributed by atoms with Gasteiger partial charge in [0.1, 0.15) is 0 Å². The smallest absolute Gasteiger partial charge is 0.201 e. The van der Waals surface area contributed by atoms with Gasteiger partial charge in [-0.3, -0.25) is 0 Å². The number of aryl methyl sites for hydroxylation is 1. The predicted octanol–water partition coefficient (Wildman–Crippen LogP) is 4.39. The lowest BCUT2D eigenvalue weighted by molar-refractivity contribution is 0.775. The molecule has 3 rings (SSSR count). The Balaban J connectivity index is 1.93. The maximum atomic E-state index is 6.18. The Morgan fingerprint density at radius 1 is 1.10 bits per heavy atom. The van der Waals surface area contributed by atoms with Gasteiger partial charge in [0.25, 0.3) is 0 Å². The minimum Gasteiger partial charge on any atom is -0.369 e. The van der Waals surface area contributed by atoms with E-state index in [1.807, 2.05) is 11.0 Å². The van der Waals surface area contributed by atoms with Gasteiger partial charge >= 0.3 is 0 Å². The van der Waals surface area contributed by atoms with Crippen LogP contribution >= 0.6 is 23.2 Å². The number of guanidine groups is 1. The van der Waals surface area contributed by atoms with E-state index in [9.17, 15) is 0 Å². The van der Waals surface area contributed by atoms with Gasteiger partial charge < -0.3 is 10.6 Å². The maximum Gasteiger partial charge on any atom is 0.201 e. The standard InChI is InChI=1S/C16H15Cl2N3/c17-13-8-7-12(10-14(13)18)20-16(19)21-9-3-5-11-4-1-2-6-15(11)21/h1-2,4,6-8,10H,3,5,9H2,(H2,19,20). The molecule has 0 amide bonds. The fourth-order valence-electron chi connectivity index (χ4n) is 2.52. The Kier molecular flexibility index (Phi) is 4.04. The van der Waals surface area contributed by atoms with Crippen LogP contribution in [0.4, 0.5) is 11.4 Å². The normalized spacial score (nSPS) is 15.0. The fourth-order valence-corrected chi connectivity index (χ4v) is 2.81. The summed E-state index contributed by atoms with van der Waals surface area (Å²) in [4.78, 5) is 6.50. The van der Waals surface area contributed by atoms with Crippen LogP contribution in [0.1, 0.15) is 12.0 Å². The summed E-state index contributed by atoms with van der Waals surface area (Å²) in [5.41, 5.74) is 9.31. The molecule has 108 valence electrons. The van der Waals surface area contributed by atoms with Gasteiger partial charge in [-0.25, -0.2) is 4.99 Å². The van der Waals surface area contributed by atoms with E-state index in [2.05, 4.69) is 23.2 Å². The summed E-state index contributed by atoms with van der Waals surface area (Å²) in [6.45, 7) is 0.869. The summed E-state index contributed by atoms with van der Waals surface area (Å²) in [6, 6.07) is 13.5. The summed E-state index contributed by atoms with van der Waals surface area (Å²) >= 11 is 11.9. The molecule has 1 aliphatic rings. The number of hydrogen-bond acceptors (Lipinski definition) is 1. The van der Waals surface area contributed by atoms with Gasteiger partial charge in [0, 0.05) is 12.2 Å². The van der Waals surface area contributed by atoms with Crippen molar-refractivity contribution in [3.63, 3.8) is 0 Å². The summed E-state index contributed by atoms with van der Waals surface area (Å²) < 4.78 is 0.